The van der Waals surface area contributed by atoms with Crippen molar-refractivity contribution in [3.8, 4) is 11.6 Å². The molecule has 0 radical (unpaired) electrons. The highest BCUT2D eigenvalue weighted by molar-refractivity contribution is 5.40. The van der Waals surface area contributed by atoms with E-state index in [2.05, 4.69) is 18.8 Å². The van der Waals surface area contributed by atoms with Crippen molar-refractivity contribution in [3.05, 3.63) is 47.0 Å². The van der Waals surface area contributed by atoms with E-state index in [9.17, 15) is 8.78 Å². The van der Waals surface area contributed by atoms with Gasteiger partial charge in [-0.05, 0) is 36.1 Å². The molecular weight excluding hydrogens is 262 g/mol. The van der Waals surface area contributed by atoms with Crippen molar-refractivity contribution in [3.63, 3.8) is 0 Å². The molecule has 2 aromatic rings. The van der Waals surface area contributed by atoms with Gasteiger partial charge in [-0.15, -0.1) is 0 Å². The molecule has 1 aromatic carbocycles. The Morgan fingerprint density at radius 1 is 1.15 bits per heavy atom. The number of pyridine rings is 1. The minimum absolute atomic E-state index is 0.333. The van der Waals surface area contributed by atoms with Gasteiger partial charge in [-0.2, -0.15) is 4.98 Å². The van der Waals surface area contributed by atoms with E-state index in [4.69, 9.17) is 10.5 Å². The summed E-state index contributed by atoms with van der Waals surface area (Å²) < 4.78 is 31.9. The van der Waals surface area contributed by atoms with Crippen LogP contribution in [0.1, 0.15) is 30.9 Å². The van der Waals surface area contributed by atoms with E-state index in [1.807, 2.05) is 13.0 Å². The normalized spacial score (nSPS) is 10.9. The summed E-state index contributed by atoms with van der Waals surface area (Å²) in [6.45, 7) is 6.13. The van der Waals surface area contributed by atoms with E-state index >= 15 is 0 Å². The van der Waals surface area contributed by atoms with Crippen molar-refractivity contribution >= 4 is 5.82 Å². The number of nitrogens with two attached hydrogens (primary N) is 1. The average molecular weight is 278 g/mol. The van der Waals surface area contributed by atoms with Gasteiger partial charge in [0.2, 0.25) is 0 Å². The molecule has 106 valence electrons. The second-order valence-electron chi connectivity index (χ2n) is 4.92. The molecule has 0 saturated carbocycles. The number of hydrogen-bond donors (Lipinski definition) is 1. The molecule has 3 nitrogen and oxygen atoms in total. The van der Waals surface area contributed by atoms with E-state index in [1.165, 1.54) is 5.56 Å². The molecule has 0 atom stereocenters. The minimum Gasteiger partial charge on any atom is -0.436 e. The second kappa shape index (κ2) is 5.45. The minimum atomic E-state index is -0.902. The van der Waals surface area contributed by atoms with E-state index in [1.54, 1.807) is 12.1 Å². The SMILES string of the molecule is Cc1cc(Oc2nc(N)c(F)cc2F)ccc1C(C)C. The van der Waals surface area contributed by atoms with Gasteiger partial charge >= 0.3 is 0 Å². The molecule has 0 aliphatic rings. The number of aromatic nitrogens is 1. The molecule has 20 heavy (non-hydrogen) atoms. The summed E-state index contributed by atoms with van der Waals surface area (Å²) >= 11 is 0. The predicted molar refractivity (Wildman–Crippen MR) is 73.9 cm³/mol. The first kappa shape index (κ1) is 14.2. The Morgan fingerprint density at radius 3 is 2.45 bits per heavy atom. The topological polar surface area (TPSA) is 48.1 Å². The summed E-state index contributed by atoms with van der Waals surface area (Å²) in [5.74, 6) is -1.69. The highest BCUT2D eigenvalue weighted by Crippen LogP contribution is 2.28. The molecule has 2 rings (SSSR count). The lowest BCUT2D eigenvalue weighted by Crippen LogP contribution is -2.00. The van der Waals surface area contributed by atoms with Crippen LogP contribution >= 0.6 is 0 Å². The Bertz CT molecular complexity index is 642. The van der Waals surface area contributed by atoms with Gasteiger partial charge < -0.3 is 10.5 Å². The number of nitrogen functional groups attached to an aromatic ring is 1. The van der Waals surface area contributed by atoms with E-state index < -0.39 is 17.5 Å². The second-order valence-corrected chi connectivity index (χ2v) is 4.92. The van der Waals surface area contributed by atoms with Crippen LogP contribution in [0.15, 0.2) is 24.3 Å². The Labute approximate surface area is 116 Å². The molecular formula is C15H16F2N2O. The zero-order valence-electron chi connectivity index (χ0n) is 11.6. The largest absolute Gasteiger partial charge is 0.436 e. The first-order valence-electron chi connectivity index (χ1n) is 6.28. The number of anilines is 1. The van der Waals surface area contributed by atoms with Crippen LogP contribution in [0.4, 0.5) is 14.6 Å². The van der Waals surface area contributed by atoms with Gasteiger partial charge in [0.05, 0.1) is 0 Å². The summed E-state index contributed by atoms with van der Waals surface area (Å²) in [5, 5.41) is 0. The highest BCUT2D eigenvalue weighted by Gasteiger charge is 2.12. The molecule has 0 unspecified atom stereocenters. The Balaban J connectivity index is 2.31. The summed E-state index contributed by atoms with van der Waals surface area (Å²) in [5.41, 5.74) is 7.52. The maximum absolute atomic E-state index is 13.5. The van der Waals surface area contributed by atoms with Crippen molar-refractivity contribution in [2.24, 2.45) is 0 Å². The zero-order valence-corrected chi connectivity index (χ0v) is 11.6. The Morgan fingerprint density at radius 2 is 1.85 bits per heavy atom. The third-order valence-electron chi connectivity index (χ3n) is 3.00. The number of hydrogen-bond acceptors (Lipinski definition) is 3. The summed E-state index contributed by atoms with van der Waals surface area (Å²) in [4.78, 5) is 3.56. The van der Waals surface area contributed by atoms with Crippen LogP contribution in [0, 0.1) is 18.6 Å². The zero-order chi connectivity index (χ0) is 14.9. The number of aryl methyl sites for hydroxylation is 1. The van der Waals surface area contributed by atoms with Gasteiger partial charge in [0, 0.05) is 6.07 Å². The molecule has 0 spiro atoms. The van der Waals surface area contributed by atoms with Gasteiger partial charge in [0.15, 0.2) is 17.5 Å². The van der Waals surface area contributed by atoms with Crippen LogP contribution in [-0.2, 0) is 0 Å². The number of benzene rings is 1. The Hall–Kier alpha value is -2.17. The van der Waals surface area contributed by atoms with Crippen molar-refractivity contribution in [2.45, 2.75) is 26.7 Å². The smallest absolute Gasteiger partial charge is 0.258 e. The van der Waals surface area contributed by atoms with Crippen molar-refractivity contribution in [2.75, 3.05) is 5.73 Å². The molecule has 1 heterocycles. The molecule has 0 saturated heterocycles. The van der Waals surface area contributed by atoms with E-state index in [-0.39, 0.29) is 5.88 Å². The van der Waals surface area contributed by atoms with Gasteiger partial charge in [0.25, 0.3) is 5.88 Å². The number of ether oxygens (including phenoxy) is 1. The average Bonchev–Trinajstić information content (AvgIpc) is 2.35. The molecule has 1 aromatic heterocycles. The molecule has 0 aliphatic heterocycles. The van der Waals surface area contributed by atoms with E-state index in [0.717, 1.165) is 5.56 Å². The van der Waals surface area contributed by atoms with E-state index in [0.29, 0.717) is 17.7 Å². The third kappa shape index (κ3) is 2.87. The molecule has 0 fully saturated rings. The van der Waals surface area contributed by atoms with Crippen molar-refractivity contribution in [1.29, 1.82) is 0 Å². The van der Waals surface area contributed by atoms with Gasteiger partial charge in [-0.3, -0.25) is 0 Å². The number of nitrogens with zero attached hydrogens (tertiary/aromatic N) is 1. The molecule has 0 aliphatic carbocycles. The first-order chi connectivity index (χ1) is 9.38. The van der Waals surface area contributed by atoms with Gasteiger partial charge in [-0.25, -0.2) is 8.78 Å². The molecule has 5 heteroatoms. The first-order valence-corrected chi connectivity index (χ1v) is 6.28. The number of halogens is 2. The van der Waals surface area contributed by atoms with Crippen LogP contribution in [-0.4, -0.2) is 4.98 Å². The lowest BCUT2D eigenvalue weighted by molar-refractivity contribution is 0.418. The molecule has 0 bridgehead atoms. The third-order valence-corrected chi connectivity index (χ3v) is 3.00. The fourth-order valence-electron chi connectivity index (χ4n) is 2.01. The lowest BCUT2D eigenvalue weighted by atomic mass is 9.98. The van der Waals surface area contributed by atoms with Gasteiger partial charge in [0.1, 0.15) is 5.75 Å². The van der Waals surface area contributed by atoms with Crippen LogP contribution < -0.4 is 10.5 Å². The highest BCUT2D eigenvalue weighted by atomic mass is 19.1. The molecule has 2 N–H and O–H groups in total. The number of rotatable bonds is 3. The molecule has 0 amide bonds. The van der Waals surface area contributed by atoms with Crippen LogP contribution in [0.3, 0.4) is 0 Å². The summed E-state index contributed by atoms with van der Waals surface area (Å²) in [7, 11) is 0. The predicted octanol–water partition coefficient (Wildman–Crippen LogP) is 4.17. The van der Waals surface area contributed by atoms with Crippen LogP contribution in [0.2, 0.25) is 0 Å². The van der Waals surface area contributed by atoms with Crippen LogP contribution in [0.5, 0.6) is 11.6 Å². The Kier molecular flexibility index (Phi) is 3.88. The quantitative estimate of drug-likeness (QED) is 0.916. The van der Waals surface area contributed by atoms with Crippen LogP contribution in [0.25, 0.3) is 0 Å². The van der Waals surface area contributed by atoms with Crippen molar-refractivity contribution in [1.82, 2.24) is 4.98 Å². The maximum Gasteiger partial charge on any atom is 0.258 e. The fraction of sp³-hybridized carbons (Fsp3) is 0.267. The van der Waals surface area contributed by atoms with Crippen molar-refractivity contribution < 1.29 is 13.5 Å². The monoisotopic (exact) mass is 278 g/mol. The lowest BCUT2D eigenvalue weighted by Gasteiger charge is -2.12. The maximum atomic E-state index is 13.5. The van der Waals surface area contributed by atoms with Gasteiger partial charge in [-0.1, -0.05) is 19.9 Å². The summed E-state index contributed by atoms with van der Waals surface area (Å²) in [6.07, 6.45) is 0. The standard InChI is InChI=1S/C15H16F2N2O/c1-8(2)11-5-4-10(6-9(11)3)20-15-13(17)7-12(16)14(18)19-15/h4-8H,1-3H3,(H2,18,19). The fourth-order valence-corrected chi connectivity index (χ4v) is 2.01. The summed E-state index contributed by atoms with van der Waals surface area (Å²) in [6, 6.07) is 6.09.